The zero-order chi connectivity index (χ0) is 17.1. The van der Waals surface area contributed by atoms with Crippen LogP contribution in [0.15, 0.2) is 55.2 Å². The lowest BCUT2D eigenvalue weighted by Gasteiger charge is -2.20. The molecule has 0 spiro atoms. The maximum Gasteiger partial charge on any atom is 0.258 e. The first-order valence-corrected chi connectivity index (χ1v) is 7.76. The fourth-order valence-electron chi connectivity index (χ4n) is 2.79. The predicted octanol–water partition coefficient (Wildman–Crippen LogP) is 3.87. The van der Waals surface area contributed by atoms with Gasteiger partial charge in [-0.3, -0.25) is 4.79 Å². The third kappa shape index (κ3) is 3.09. The number of benzene rings is 2. The molecular formula is C20H20N2O2. The van der Waals surface area contributed by atoms with Crippen molar-refractivity contribution in [3.05, 3.63) is 77.5 Å². The van der Waals surface area contributed by atoms with Gasteiger partial charge in [0, 0.05) is 30.3 Å². The van der Waals surface area contributed by atoms with Crippen LogP contribution in [0.5, 0.6) is 0 Å². The number of carbonyl (C=O) groups is 1. The van der Waals surface area contributed by atoms with Crippen LogP contribution in [0.4, 0.5) is 5.69 Å². The monoisotopic (exact) mass is 320 g/mol. The average molecular weight is 320 g/mol. The molecule has 1 atom stereocenters. The topological polar surface area (TPSA) is 50.4 Å². The van der Waals surface area contributed by atoms with Crippen LogP contribution in [0.25, 0.3) is 11.8 Å². The molecule has 122 valence electrons. The molecule has 1 aliphatic rings. The zero-order valence-corrected chi connectivity index (χ0v) is 13.8. The van der Waals surface area contributed by atoms with Crippen LogP contribution in [0, 0.1) is 6.92 Å². The molecule has 4 nitrogen and oxygen atoms in total. The van der Waals surface area contributed by atoms with Gasteiger partial charge in [0.25, 0.3) is 5.91 Å². The van der Waals surface area contributed by atoms with E-state index in [1.165, 1.54) is 7.11 Å². The SMILES string of the molecule is C=C1NC=Cc2cc(NC(=O)[C@@H](OC)c3ccccc3)c(C)cc21. The van der Waals surface area contributed by atoms with Gasteiger partial charge in [0.15, 0.2) is 6.10 Å². The molecule has 0 saturated heterocycles. The molecule has 4 heteroatoms. The van der Waals surface area contributed by atoms with Gasteiger partial charge in [0.05, 0.1) is 0 Å². The van der Waals surface area contributed by atoms with Crippen molar-refractivity contribution in [2.24, 2.45) is 0 Å². The Morgan fingerprint density at radius 3 is 2.71 bits per heavy atom. The molecule has 1 heterocycles. The Morgan fingerprint density at radius 2 is 2.00 bits per heavy atom. The number of nitrogens with one attached hydrogen (secondary N) is 2. The van der Waals surface area contributed by atoms with Crippen molar-refractivity contribution in [1.82, 2.24) is 5.32 Å². The minimum Gasteiger partial charge on any atom is -0.367 e. The summed E-state index contributed by atoms with van der Waals surface area (Å²) >= 11 is 0. The normalized spacial score (nSPS) is 13.8. The first-order valence-electron chi connectivity index (χ1n) is 7.76. The van der Waals surface area contributed by atoms with Gasteiger partial charge < -0.3 is 15.4 Å². The Kier molecular flexibility index (Phi) is 4.49. The smallest absolute Gasteiger partial charge is 0.258 e. The van der Waals surface area contributed by atoms with E-state index in [1.807, 2.05) is 61.7 Å². The van der Waals surface area contributed by atoms with Crippen LogP contribution in [-0.2, 0) is 9.53 Å². The number of hydrogen-bond acceptors (Lipinski definition) is 3. The van der Waals surface area contributed by atoms with Gasteiger partial charge >= 0.3 is 0 Å². The lowest BCUT2D eigenvalue weighted by molar-refractivity contribution is -0.126. The molecule has 3 rings (SSSR count). The second kappa shape index (κ2) is 6.72. The van der Waals surface area contributed by atoms with E-state index in [0.29, 0.717) is 0 Å². The van der Waals surface area contributed by atoms with Gasteiger partial charge in [-0.25, -0.2) is 0 Å². The van der Waals surface area contributed by atoms with E-state index in [4.69, 9.17) is 4.74 Å². The highest BCUT2D eigenvalue weighted by molar-refractivity contribution is 5.96. The van der Waals surface area contributed by atoms with E-state index < -0.39 is 6.10 Å². The second-order valence-electron chi connectivity index (χ2n) is 5.73. The molecule has 24 heavy (non-hydrogen) atoms. The van der Waals surface area contributed by atoms with Crippen LogP contribution >= 0.6 is 0 Å². The van der Waals surface area contributed by atoms with E-state index in [0.717, 1.165) is 33.6 Å². The number of carbonyl (C=O) groups excluding carboxylic acids is 1. The summed E-state index contributed by atoms with van der Waals surface area (Å²) in [6.07, 6.45) is 3.16. The summed E-state index contributed by atoms with van der Waals surface area (Å²) in [5, 5.41) is 6.07. The average Bonchev–Trinajstić information content (AvgIpc) is 2.58. The minimum atomic E-state index is -0.645. The summed E-state index contributed by atoms with van der Waals surface area (Å²) in [4.78, 5) is 12.6. The first-order chi connectivity index (χ1) is 11.6. The molecule has 2 N–H and O–H groups in total. The number of aryl methyl sites for hydroxylation is 1. The van der Waals surface area contributed by atoms with E-state index in [2.05, 4.69) is 17.2 Å². The number of amides is 1. The van der Waals surface area contributed by atoms with Crippen molar-refractivity contribution in [3.8, 4) is 0 Å². The quantitative estimate of drug-likeness (QED) is 0.899. The maximum absolute atomic E-state index is 12.6. The molecular weight excluding hydrogens is 300 g/mol. The predicted molar refractivity (Wildman–Crippen MR) is 97.2 cm³/mol. The number of methoxy groups -OCH3 is 1. The maximum atomic E-state index is 12.6. The Morgan fingerprint density at radius 1 is 1.25 bits per heavy atom. The lowest BCUT2D eigenvalue weighted by Crippen LogP contribution is -2.23. The number of fused-ring (bicyclic) bond motifs is 1. The number of anilines is 1. The van der Waals surface area contributed by atoms with Crippen molar-refractivity contribution < 1.29 is 9.53 Å². The fourth-order valence-corrected chi connectivity index (χ4v) is 2.79. The lowest BCUT2D eigenvalue weighted by atomic mass is 9.98. The van der Waals surface area contributed by atoms with Crippen LogP contribution in [-0.4, -0.2) is 13.0 Å². The van der Waals surface area contributed by atoms with Crippen molar-refractivity contribution in [2.45, 2.75) is 13.0 Å². The molecule has 1 aliphatic heterocycles. The molecule has 2 aromatic carbocycles. The van der Waals surface area contributed by atoms with Crippen molar-refractivity contribution in [2.75, 3.05) is 12.4 Å². The summed E-state index contributed by atoms with van der Waals surface area (Å²) < 4.78 is 5.39. The molecule has 0 unspecified atom stereocenters. The van der Waals surface area contributed by atoms with Crippen molar-refractivity contribution in [1.29, 1.82) is 0 Å². The molecule has 0 fully saturated rings. The van der Waals surface area contributed by atoms with E-state index in [9.17, 15) is 4.79 Å². The molecule has 0 radical (unpaired) electrons. The summed E-state index contributed by atoms with van der Waals surface area (Å²) in [6, 6.07) is 13.4. The van der Waals surface area contributed by atoms with E-state index in [-0.39, 0.29) is 5.91 Å². The standard InChI is InChI=1S/C20H20N2O2/c1-13-11-17-14(2)21-10-9-16(17)12-18(13)22-20(23)19(24-3)15-7-5-4-6-8-15/h4-12,19,21H,2H2,1,3H3,(H,22,23)/t19-/m0/s1. The molecule has 1 amide bonds. The van der Waals surface area contributed by atoms with Crippen LogP contribution in [0.1, 0.15) is 28.4 Å². The highest BCUT2D eigenvalue weighted by Crippen LogP contribution is 2.29. The Hall–Kier alpha value is -2.85. The Bertz CT molecular complexity index is 810. The summed E-state index contributed by atoms with van der Waals surface area (Å²) in [5.41, 5.74) is 5.49. The third-order valence-electron chi connectivity index (χ3n) is 4.08. The van der Waals surface area contributed by atoms with Crippen molar-refractivity contribution >= 4 is 23.4 Å². The highest BCUT2D eigenvalue weighted by atomic mass is 16.5. The molecule has 0 aliphatic carbocycles. The van der Waals surface area contributed by atoms with Gasteiger partial charge in [-0.2, -0.15) is 0 Å². The molecule has 2 aromatic rings. The summed E-state index contributed by atoms with van der Waals surface area (Å²) in [6.45, 7) is 5.96. The van der Waals surface area contributed by atoms with Crippen LogP contribution in [0.3, 0.4) is 0 Å². The van der Waals surface area contributed by atoms with Gasteiger partial charge in [0.2, 0.25) is 0 Å². The molecule has 0 saturated carbocycles. The van der Waals surface area contributed by atoms with Gasteiger partial charge in [-0.05, 0) is 41.8 Å². The van der Waals surface area contributed by atoms with E-state index in [1.54, 1.807) is 0 Å². The summed E-state index contributed by atoms with van der Waals surface area (Å²) in [7, 11) is 1.54. The number of ether oxygens (including phenoxy) is 1. The van der Waals surface area contributed by atoms with Gasteiger partial charge in [-0.1, -0.05) is 36.9 Å². The highest BCUT2D eigenvalue weighted by Gasteiger charge is 2.21. The number of rotatable bonds is 4. The molecule has 0 aromatic heterocycles. The van der Waals surface area contributed by atoms with Crippen molar-refractivity contribution in [3.63, 3.8) is 0 Å². The first kappa shape index (κ1) is 16.0. The van der Waals surface area contributed by atoms with Gasteiger partial charge in [-0.15, -0.1) is 0 Å². The summed E-state index contributed by atoms with van der Waals surface area (Å²) in [5.74, 6) is -0.191. The van der Waals surface area contributed by atoms with Gasteiger partial charge in [0.1, 0.15) is 0 Å². The Balaban J connectivity index is 1.87. The minimum absolute atomic E-state index is 0.191. The fraction of sp³-hybridized carbons (Fsp3) is 0.150. The van der Waals surface area contributed by atoms with E-state index >= 15 is 0 Å². The second-order valence-corrected chi connectivity index (χ2v) is 5.73. The zero-order valence-electron chi connectivity index (χ0n) is 13.8. The largest absolute Gasteiger partial charge is 0.367 e. The molecule has 0 bridgehead atoms. The van der Waals surface area contributed by atoms with Crippen LogP contribution < -0.4 is 10.6 Å². The van der Waals surface area contributed by atoms with Crippen LogP contribution in [0.2, 0.25) is 0 Å². The third-order valence-corrected chi connectivity index (χ3v) is 4.08. The number of hydrogen-bond donors (Lipinski definition) is 2. The Labute approximate surface area is 141 Å².